The molecule has 0 radical (unpaired) electrons. The molecule has 2 N–H and O–H groups in total. The molecule has 1 aliphatic carbocycles. The lowest BCUT2D eigenvalue weighted by Gasteiger charge is -2.01. The van der Waals surface area contributed by atoms with Gasteiger partial charge < -0.3 is 10.2 Å². The van der Waals surface area contributed by atoms with Crippen molar-refractivity contribution in [2.45, 2.75) is 12.5 Å². The zero-order valence-corrected chi connectivity index (χ0v) is 6.49. The molecule has 7 heteroatoms. The van der Waals surface area contributed by atoms with Crippen LogP contribution in [-0.2, 0) is 9.59 Å². The van der Waals surface area contributed by atoms with E-state index in [9.17, 15) is 9.59 Å². The van der Waals surface area contributed by atoms with E-state index in [-0.39, 0.29) is 6.42 Å². The summed E-state index contributed by atoms with van der Waals surface area (Å²) in [5.74, 6) is -3.53. The predicted octanol–water partition coefficient (Wildman–Crippen LogP) is 0.471. The van der Waals surface area contributed by atoms with Crippen molar-refractivity contribution >= 4 is 11.9 Å². The van der Waals surface area contributed by atoms with Crippen molar-refractivity contribution in [2.75, 3.05) is 0 Å². The summed E-state index contributed by atoms with van der Waals surface area (Å²) in [4.78, 5) is 23.2. The quantitative estimate of drug-likeness (QED) is 0.375. The SMILES string of the molecule is [N-]=[N+]=N[C@H](C(=O)O)[C@@H]1C[C@H]1C(=O)O. The number of carboxylic acids is 2. The van der Waals surface area contributed by atoms with Gasteiger partial charge in [0.05, 0.1) is 5.92 Å². The van der Waals surface area contributed by atoms with E-state index in [2.05, 4.69) is 10.0 Å². The highest BCUT2D eigenvalue weighted by molar-refractivity contribution is 5.79. The molecule has 0 spiro atoms. The van der Waals surface area contributed by atoms with E-state index < -0.39 is 29.8 Å². The molecule has 0 bridgehead atoms. The maximum absolute atomic E-state index is 10.5. The first-order valence-corrected chi connectivity index (χ1v) is 3.57. The minimum Gasteiger partial charge on any atom is -0.481 e. The Kier molecular flexibility index (Phi) is 2.39. The lowest BCUT2D eigenvalue weighted by Crippen LogP contribution is -2.21. The van der Waals surface area contributed by atoms with Crippen LogP contribution < -0.4 is 0 Å². The monoisotopic (exact) mass is 185 g/mol. The molecule has 0 aromatic heterocycles. The van der Waals surface area contributed by atoms with Crippen molar-refractivity contribution in [1.82, 2.24) is 0 Å². The minimum atomic E-state index is -1.27. The van der Waals surface area contributed by atoms with Crippen molar-refractivity contribution in [3.8, 4) is 0 Å². The Morgan fingerprint density at radius 1 is 1.54 bits per heavy atom. The summed E-state index contributed by atoms with van der Waals surface area (Å²) in [6.07, 6.45) is 0.269. The van der Waals surface area contributed by atoms with Gasteiger partial charge in [-0.1, -0.05) is 5.11 Å². The Morgan fingerprint density at radius 3 is 2.46 bits per heavy atom. The summed E-state index contributed by atoms with van der Waals surface area (Å²) in [6, 6.07) is -1.24. The molecule has 13 heavy (non-hydrogen) atoms. The number of hydrogen-bond acceptors (Lipinski definition) is 3. The average Bonchev–Trinajstić information content (AvgIpc) is 2.78. The van der Waals surface area contributed by atoms with Crippen molar-refractivity contribution < 1.29 is 19.8 Å². The maximum Gasteiger partial charge on any atom is 0.312 e. The molecule has 1 fully saturated rings. The van der Waals surface area contributed by atoms with E-state index in [1.165, 1.54) is 0 Å². The molecule has 0 saturated heterocycles. The van der Waals surface area contributed by atoms with Crippen molar-refractivity contribution in [3.63, 3.8) is 0 Å². The molecule has 1 saturated carbocycles. The Balaban J connectivity index is 2.65. The zero-order chi connectivity index (χ0) is 10.0. The molecule has 3 atom stereocenters. The van der Waals surface area contributed by atoms with Gasteiger partial charge in [0.2, 0.25) is 0 Å². The van der Waals surface area contributed by atoms with Gasteiger partial charge in [0.1, 0.15) is 6.04 Å². The first kappa shape index (κ1) is 9.34. The van der Waals surface area contributed by atoms with Gasteiger partial charge in [-0.2, -0.15) is 0 Å². The minimum absolute atomic E-state index is 0.269. The molecule has 7 nitrogen and oxygen atoms in total. The Hall–Kier alpha value is -1.75. The number of aliphatic carboxylic acids is 2. The van der Waals surface area contributed by atoms with Crippen LogP contribution in [0.3, 0.4) is 0 Å². The van der Waals surface area contributed by atoms with E-state index in [0.717, 1.165) is 0 Å². The third-order valence-corrected chi connectivity index (χ3v) is 1.99. The highest BCUT2D eigenvalue weighted by Gasteiger charge is 2.50. The van der Waals surface area contributed by atoms with E-state index in [1.807, 2.05) is 0 Å². The number of carboxylic acid groups (broad SMARTS) is 2. The number of hydrogen-bond donors (Lipinski definition) is 2. The molecule has 0 amide bonds. The molecule has 0 aliphatic heterocycles. The van der Waals surface area contributed by atoms with Gasteiger partial charge in [-0.25, -0.2) is 0 Å². The topological polar surface area (TPSA) is 123 Å². The zero-order valence-electron chi connectivity index (χ0n) is 6.49. The fourth-order valence-corrected chi connectivity index (χ4v) is 1.22. The van der Waals surface area contributed by atoms with Crippen LogP contribution in [0.25, 0.3) is 10.4 Å². The number of rotatable bonds is 4. The summed E-state index contributed by atoms with van der Waals surface area (Å²) in [7, 11) is 0. The van der Waals surface area contributed by atoms with Gasteiger partial charge in [-0.05, 0) is 17.9 Å². The lowest BCUT2D eigenvalue weighted by atomic mass is 10.1. The molecule has 1 aliphatic rings. The van der Waals surface area contributed by atoms with E-state index >= 15 is 0 Å². The van der Waals surface area contributed by atoms with Gasteiger partial charge in [-0.3, -0.25) is 9.59 Å². The summed E-state index contributed by atoms with van der Waals surface area (Å²) in [5, 5.41) is 20.1. The van der Waals surface area contributed by atoms with Crippen LogP contribution in [0.2, 0.25) is 0 Å². The highest BCUT2D eigenvalue weighted by Crippen LogP contribution is 2.42. The van der Waals surface area contributed by atoms with Crippen molar-refractivity contribution in [2.24, 2.45) is 17.0 Å². The van der Waals surface area contributed by atoms with E-state index in [0.29, 0.717) is 0 Å². The Morgan fingerprint density at radius 2 is 2.15 bits per heavy atom. The molecule has 0 aromatic carbocycles. The van der Waals surface area contributed by atoms with Crippen LogP contribution in [0.4, 0.5) is 0 Å². The van der Waals surface area contributed by atoms with Gasteiger partial charge in [-0.15, -0.1) is 0 Å². The summed E-state index contributed by atoms with van der Waals surface area (Å²) in [5.41, 5.74) is 8.03. The molecule has 0 heterocycles. The third-order valence-electron chi connectivity index (χ3n) is 1.99. The van der Waals surface area contributed by atoms with Crippen LogP contribution in [0.1, 0.15) is 6.42 Å². The molecular weight excluding hydrogens is 178 g/mol. The van der Waals surface area contributed by atoms with Crippen molar-refractivity contribution in [3.05, 3.63) is 10.4 Å². The maximum atomic E-state index is 10.5. The summed E-state index contributed by atoms with van der Waals surface area (Å²) in [6.45, 7) is 0. The number of carbonyl (C=O) groups is 2. The second-order valence-electron chi connectivity index (χ2n) is 2.83. The Bertz CT molecular complexity index is 294. The molecule has 0 unspecified atom stereocenters. The van der Waals surface area contributed by atoms with Gasteiger partial charge in [0.25, 0.3) is 0 Å². The van der Waals surface area contributed by atoms with Crippen molar-refractivity contribution in [1.29, 1.82) is 0 Å². The number of azide groups is 1. The summed E-state index contributed by atoms with van der Waals surface area (Å²) < 4.78 is 0. The van der Waals surface area contributed by atoms with Crippen LogP contribution in [0.15, 0.2) is 5.11 Å². The van der Waals surface area contributed by atoms with Crippen LogP contribution >= 0.6 is 0 Å². The fraction of sp³-hybridized carbons (Fsp3) is 0.667. The fourth-order valence-electron chi connectivity index (χ4n) is 1.22. The van der Waals surface area contributed by atoms with Gasteiger partial charge in [0.15, 0.2) is 0 Å². The van der Waals surface area contributed by atoms with Crippen LogP contribution in [0, 0.1) is 11.8 Å². The summed E-state index contributed by atoms with van der Waals surface area (Å²) >= 11 is 0. The first-order valence-electron chi connectivity index (χ1n) is 3.57. The normalized spacial score (nSPS) is 27.1. The second kappa shape index (κ2) is 3.32. The van der Waals surface area contributed by atoms with Crippen LogP contribution in [-0.4, -0.2) is 28.2 Å². The van der Waals surface area contributed by atoms with E-state index in [4.69, 9.17) is 15.7 Å². The molecule has 0 aromatic rings. The largest absolute Gasteiger partial charge is 0.481 e. The first-order chi connectivity index (χ1) is 6.07. The second-order valence-corrected chi connectivity index (χ2v) is 2.83. The third kappa shape index (κ3) is 1.88. The van der Waals surface area contributed by atoms with E-state index in [1.54, 1.807) is 0 Å². The van der Waals surface area contributed by atoms with Gasteiger partial charge in [0, 0.05) is 4.91 Å². The Labute approximate surface area is 72.6 Å². The standard InChI is InChI=1S/C6H7N3O4/c7-9-8-4(6(12)13)2-1-3(2)5(10)11/h2-4H,1H2,(H,10,11)(H,12,13)/t2-,3-,4+/m1/s1. The molecule has 70 valence electrons. The van der Waals surface area contributed by atoms with Crippen LogP contribution in [0.5, 0.6) is 0 Å². The van der Waals surface area contributed by atoms with Gasteiger partial charge >= 0.3 is 11.9 Å². The average molecular weight is 185 g/mol. The smallest absolute Gasteiger partial charge is 0.312 e. The number of nitrogens with zero attached hydrogens (tertiary/aromatic N) is 3. The molecule has 1 rings (SSSR count). The lowest BCUT2D eigenvalue weighted by molar-refractivity contribution is -0.140. The highest BCUT2D eigenvalue weighted by atomic mass is 16.4. The predicted molar refractivity (Wildman–Crippen MR) is 39.8 cm³/mol. The molecular formula is C6H7N3O4.